The molecule has 2 heterocycles. The highest BCUT2D eigenvalue weighted by Gasteiger charge is 2.15. The van der Waals surface area contributed by atoms with E-state index in [9.17, 15) is 5.11 Å². The molecular formula is C18H19N3O. The zero-order valence-corrected chi connectivity index (χ0v) is 12.3. The third-order valence-corrected chi connectivity index (χ3v) is 3.78. The second kappa shape index (κ2) is 7.00. The maximum absolute atomic E-state index is 10.4. The molecule has 0 aliphatic rings. The number of pyridine rings is 1. The molecule has 1 atom stereocenters. The molecule has 3 aromatic rings. The normalized spacial score (nSPS) is 12.2. The van der Waals surface area contributed by atoms with Gasteiger partial charge in [-0.3, -0.25) is 10.1 Å². The standard InChI is InChI=1S/C18H19N3O/c22-17(8-4-7-14-5-2-1-3-6-14)18-16(13-20-21-18)15-9-11-19-12-10-15/h1-3,5-6,9-13,17,22H,4,7-8H2,(H,20,21). The van der Waals surface area contributed by atoms with Gasteiger partial charge in [0.25, 0.3) is 0 Å². The van der Waals surface area contributed by atoms with Crippen molar-refractivity contribution in [2.45, 2.75) is 25.4 Å². The third kappa shape index (κ3) is 3.40. The first-order valence-corrected chi connectivity index (χ1v) is 7.50. The molecule has 0 amide bonds. The van der Waals surface area contributed by atoms with Crippen molar-refractivity contribution < 1.29 is 5.11 Å². The third-order valence-electron chi connectivity index (χ3n) is 3.78. The number of H-pyrrole nitrogens is 1. The number of rotatable bonds is 6. The highest BCUT2D eigenvalue weighted by atomic mass is 16.3. The van der Waals surface area contributed by atoms with Gasteiger partial charge in [0.1, 0.15) is 0 Å². The van der Waals surface area contributed by atoms with Gasteiger partial charge in [0.05, 0.1) is 18.0 Å². The minimum atomic E-state index is -0.533. The molecule has 0 saturated carbocycles. The van der Waals surface area contributed by atoms with Crippen LogP contribution in [0.15, 0.2) is 61.1 Å². The number of aromatic amines is 1. The lowest BCUT2D eigenvalue weighted by atomic mass is 10.00. The first-order chi connectivity index (χ1) is 10.8. The fraction of sp³-hybridized carbons (Fsp3) is 0.222. The summed E-state index contributed by atoms with van der Waals surface area (Å²) in [6.07, 6.45) is 7.31. The van der Waals surface area contributed by atoms with Crippen molar-refractivity contribution in [1.82, 2.24) is 15.2 Å². The predicted octanol–water partition coefficient (Wildman–Crippen LogP) is 3.53. The second-order valence-electron chi connectivity index (χ2n) is 5.33. The van der Waals surface area contributed by atoms with Crippen LogP contribution < -0.4 is 0 Å². The molecule has 112 valence electrons. The fourth-order valence-electron chi connectivity index (χ4n) is 2.60. The Morgan fingerprint density at radius 3 is 2.59 bits per heavy atom. The summed E-state index contributed by atoms with van der Waals surface area (Å²) in [5.41, 5.74) is 4.03. The van der Waals surface area contributed by atoms with Crippen LogP contribution in [0.25, 0.3) is 11.1 Å². The molecule has 3 rings (SSSR count). The van der Waals surface area contributed by atoms with Gasteiger partial charge in [-0.1, -0.05) is 30.3 Å². The molecule has 1 unspecified atom stereocenters. The number of nitrogens with zero attached hydrogens (tertiary/aromatic N) is 2. The molecule has 4 nitrogen and oxygen atoms in total. The van der Waals surface area contributed by atoms with Gasteiger partial charge >= 0.3 is 0 Å². The van der Waals surface area contributed by atoms with E-state index < -0.39 is 6.10 Å². The number of benzene rings is 1. The summed E-state index contributed by atoms with van der Waals surface area (Å²) in [5.74, 6) is 0. The molecule has 0 spiro atoms. The van der Waals surface area contributed by atoms with Crippen LogP contribution in [0.5, 0.6) is 0 Å². The SMILES string of the molecule is OC(CCCc1ccccc1)c1[nH]ncc1-c1ccncc1. The molecule has 0 aliphatic heterocycles. The lowest BCUT2D eigenvalue weighted by Gasteiger charge is -2.11. The van der Waals surface area contributed by atoms with Crippen LogP contribution in [0.4, 0.5) is 0 Å². The summed E-state index contributed by atoms with van der Waals surface area (Å²) in [5, 5.41) is 17.5. The highest BCUT2D eigenvalue weighted by molar-refractivity contribution is 5.64. The van der Waals surface area contributed by atoms with Crippen LogP contribution in [0.1, 0.15) is 30.2 Å². The van der Waals surface area contributed by atoms with Gasteiger partial charge in [0.15, 0.2) is 0 Å². The zero-order valence-electron chi connectivity index (χ0n) is 12.3. The van der Waals surface area contributed by atoms with E-state index >= 15 is 0 Å². The minimum absolute atomic E-state index is 0.533. The molecule has 22 heavy (non-hydrogen) atoms. The molecule has 4 heteroatoms. The Morgan fingerprint density at radius 1 is 1.05 bits per heavy atom. The topological polar surface area (TPSA) is 61.8 Å². The van der Waals surface area contributed by atoms with Gasteiger partial charge in [0, 0.05) is 18.0 Å². The van der Waals surface area contributed by atoms with E-state index in [0.717, 1.165) is 29.7 Å². The molecular weight excluding hydrogens is 274 g/mol. The van der Waals surface area contributed by atoms with E-state index in [1.807, 2.05) is 30.3 Å². The number of aromatic nitrogens is 3. The molecule has 0 fully saturated rings. The Morgan fingerprint density at radius 2 is 1.82 bits per heavy atom. The summed E-state index contributed by atoms with van der Waals surface area (Å²) in [6, 6.07) is 14.2. The second-order valence-corrected chi connectivity index (χ2v) is 5.33. The monoisotopic (exact) mass is 293 g/mol. The number of hydrogen-bond donors (Lipinski definition) is 2. The summed E-state index contributed by atoms with van der Waals surface area (Å²) < 4.78 is 0. The van der Waals surface area contributed by atoms with Crippen molar-refractivity contribution in [2.24, 2.45) is 0 Å². The maximum atomic E-state index is 10.4. The molecule has 2 N–H and O–H groups in total. The Kier molecular flexibility index (Phi) is 4.61. The van der Waals surface area contributed by atoms with Gasteiger partial charge in [-0.25, -0.2) is 0 Å². The molecule has 0 bridgehead atoms. The summed E-state index contributed by atoms with van der Waals surface area (Å²) in [6.45, 7) is 0. The average Bonchev–Trinajstić information content (AvgIpc) is 3.06. The van der Waals surface area contributed by atoms with Crippen molar-refractivity contribution in [2.75, 3.05) is 0 Å². The van der Waals surface area contributed by atoms with E-state index in [0.29, 0.717) is 6.42 Å². The largest absolute Gasteiger partial charge is 0.387 e. The van der Waals surface area contributed by atoms with Crippen LogP contribution in [0, 0.1) is 0 Å². The van der Waals surface area contributed by atoms with Crippen molar-refractivity contribution in [1.29, 1.82) is 0 Å². The first kappa shape index (κ1) is 14.5. The van der Waals surface area contributed by atoms with E-state index in [1.165, 1.54) is 5.56 Å². The Hall–Kier alpha value is -2.46. The van der Waals surface area contributed by atoms with E-state index in [2.05, 4.69) is 27.3 Å². The number of hydrogen-bond acceptors (Lipinski definition) is 3. The molecule has 1 aromatic carbocycles. The highest BCUT2D eigenvalue weighted by Crippen LogP contribution is 2.28. The van der Waals surface area contributed by atoms with E-state index in [-0.39, 0.29) is 0 Å². The van der Waals surface area contributed by atoms with Crippen LogP contribution in [0.2, 0.25) is 0 Å². The van der Waals surface area contributed by atoms with E-state index in [1.54, 1.807) is 18.6 Å². The first-order valence-electron chi connectivity index (χ1n) is 7.50. The van der Waals surface area contributed by atoms with E-state index in [4.69, 9.17) is 0 Å². The molecule has 2 aromatic heterocycles. The van der Waals surface area contributed by atoms with Gasteiger partial charge in [0.2, 0.25) is 0 Å². The zero-order chi connectivity index (χ0) is 15.2. The number of aliphatic hydroxyl groups is 1. The lowest BCUT2D eigenvalue weighted by molar-refractivity contribution is 0.160. The van der Waals surface area contributed by atoms with Crippen LogP contribution in [0.3, 0.4) is 0 Å². The lowest BCUT2D eigenvalue weighted by Crippen LogP contribution is -2.01. The average molecular weight is 293 g/mol. The smallest absolute Gasteiger partial charge is 0.0960 e. The van der Waals surface area contributed by atoms with Gasteiger partial charge in [-0.15, -0.1) is 0 Å². The van der Waals surface area contributed by atoms with Crippen LogP contribution in [-0.2, 0) is 6.42 Å². The molecule has 0 aliphatic carbocycles. The fourth-order valence-corrected chi connectivity index (χ4v) is 2.60. The predicted molar refractivity (Wildman–Crippen MR) is 86.2 cm³/mol. The van der Waals surface area contributed by atoms with Gasteiger partial charge in [-0.05, 0) is 42.5 Å². The Labute approximate surface area is 129 Å². The molecule has 0 saturated heterocycles. The number of aryl methyl sites for hydroxylation is 1. The number of nitrogens with one attached hydrogen (secondary N) is 1. The maximum Gasteiger partial charge on any atom is 0.0960 e. The van der Waals surface area contributed by atoms with Crippen LogP contribution in [-0.4, -0.2) is 20.3 Å². The number of aliphatic hydroxyl groups excluding tert-OH is 1. The molecule has 0 radical (unpaired) electrons. The summed E-state index contributed by atoms with van der Waals surface area (Å²) in [7, 11) is 0. The summed E-state index contributed by atoms with van der Waals surface area (Å²) in [4.78, 5) is 4.02. The van der Waals surface area contributed by atoms with Gasteiger partial charge < -0.3 is 5.11 Å². The minimum Gasteiger partial charge on any atom is -0.387 e. The summed E-state index contributed by atoms with van der Waals surface area (Å²) >= 11 is 0. The van der Waals surface area contributed by atoms with Crippen molar-refractivity contribution in [3.05, 3.63) is 72.3 Å². The van der Waals surface area contributed by atoms with Crippen molar-refractivity contribution in [3.8, 4) is 11.1 Å². The van der Waals surface area contributed by atoms with Crippen LogP contribution >= 0.6 is 0 Å². The Balaban J connectivity index is 1.64. The quantitative estimate of drug-likeness (QED) is 0.731. The van der Waals surface area contributed by atoms with Crippen molar-refractivity contribution >= 4 is 0 Å². The van der Waals surface area contributed by atoms with Gasteiger partial charge in [-0.2, -0.15) is 5.10 Å². The Bertz CT molecular complexity index is 695. The van der Waals surface area contributed by atoms with Crippen molar-refractivity contribution in [3.63, 3.8) is 0 Å².